The van der Waals surface area contributed by atoms with E-state index in [9.17, 15) is 9.59 Å². The number of primary amides is 1. The van der Waals surface area contributed by atoms with Crippen LogP contribution < -0.4 is 21.1 Å². The van der Waals surface area contributed by atoms with Crippen LogP contribution in [-0.2, 0) is 0 Å². The van der Waals surface area contributed by atoms with E-state index in [1.54, 1.807) is 24.3 Å². The average molecular weight is 434 g/mol. The first-order valence-corrected chi connectivity index (χ1v) is 9.41. The molecule has 134 valence electrons. The topological polar surface area (TPSA) is 93.4 Å². The van der Waals surface area contributed by atoms with Gasteiger partial charge in [-0.05, 0) is 49.4 Å². The number of carbonyl (C=O) groups is 2. The van der Waals surface area contributed by atoms with Crippen LogP contribution in [0.5, 0.6) is 5.75 Å². The second-order valence-corrected chi connectivity index (χ2v) is 7.32. The SMILES string of the molecule is CCOc1ccc2c(C(N)=O)c(NC(=O)Nc3ccc(Br)cc3)sc2c1. The number of ether oxygens (including phenoxy) is 1. The van der Waals surface area contributed by atoms with Crippen LogP contribution in [0.4, 0.5) is 15.5 Å². The van der Waals surface area contributed by atoms with E-state index in [2.05, 4.69) is 26.6 Å². The molecule has 4 N–H and O–H groups in total. The summed E-state index contributed by atoms with van der Waals surface area (Å²) in [5.74, 6) is 0.0995. The molecule has 8 heteroatoms. The third kappa shape index (κ3) is 3.97. The van der Waals surface area contributed by atoms with E-state index in [1.807, 2.05) is 25.1 Å². The third-order valence-corrected chi connectivity index (χ3v) is 5.14. The summed E-state index contributed by atoms with van der Waals surface area (Å²) < 4.78 is 7.20. The van der Waals surface area contributed by atoms with Crippen molar-refractivity contribution < 1.29 is 14.3 Å². The largest absolute Gasteiger partial charge is 0.494 e. The molecule has 3 amide bonds. The lowest BCUT2D eigenvalue weighted by atomic mass is 10.1. The van der Waals surface area contributed by atoms with Gasteiger partial charge in [0, 0.05) is 20.2 Å². The molecule has 2 aromatic carbocycles. The van der Waals surface area contributed by atoms with Crippen LogP contribution in [0.3, 0.4) is 0 Å². The summed E-state index contributed by atoms with van der Waals surface area (Å²) in [7, 11) is 0. The van der Waals surface area contributed by atoms with Gasteiger partial charge in [-0.2, -0.15) is 0 Å². The summed E-state index contributed by atoms with van der Waals surface area (Å²) in [4.78, 5) is 24.2. The molecule has 1 aromatic heterocycles. The zero-order valence-electron chi connectivity index (χ0n) is 13.8. The maximum Gasteiger partial charge on any atom is 0.324 e. The van der Waals surface area contributed by atoms with Crippen molar-refractivity contribution in [2.75, 3.05) is 17.2 Å². The third-order valence-electron chi connectivity index (χ3n) is 3.55. The Balaban J connectivity index is 1.88. The van der Waals surface area contributed by atoms with Crippen molar-refractivity contribution in [1.82, 2.24) is 0 Å². The average Bonchev–Trinajstić information content (AvgIpc) is 2.94. The molecule has 0 aliphatic heterocycles. The monoisotopic (exact) mass is 433 g/mol. The van der Waals surface area contributed by atoms with Crippen molar-refractivity contribution >= 4 is 60.0 Å². The second-order valence-electron chi connectivity index (χ2n) is 5.35. The van der Waals surface area contributed by atoms with Crippen LogP contribution in [0.1, 0.15) is 17.3 Å². The highest BCUT2D eigenvalue weighted by Gasteiger charge is 2.19. The number of fused-ring (bicyclic) bond motifs is 1. The normalized spacial score (nSPS) is 10.5. The Morgan fingerprint density at radius 1 is 1.15 bits per heavy atom. The van der Waals surface area contributed by atoms with Crippen LogP contribution >= 0.6 is 27.3 Å². The number of hydrogen-bond acceptors (Lipinski definition) is 4. The molecular formula is C18H16BrN3O3S. The van der Waals surface area contributed by atoms with E-state index >= 15 is 0 Å². The van der Waals surface area contributed by atoms with E-state index in [-0.39, 0.29) is 0 Å². The summed E-state index contributed by atoms with van der Waals surface area (Å²) in [5.41, 5.74) is 6.45. The number of benzene rings is 2. The Labute approximate surface area is 162 Å². The van der Waals surface area contributed by atoms with Crippen molar-refractivity contribution in [2.45, 2.75) is 6.92 Å². The quantitative estimate of drug-likeness (QED) is 0.538. The molecule has 0 atom stereocenters. The minimum absolute atomic E-state index is 0.291. The number of carbonyl (C=O) groups excluding carboxylic acids is 2. The molecule has 0 unspecified atom stereocenters. The number of nitrogens with two attached hydrogens (primary N) is 1. The Morgan fingerprint density at radius 3 is 2.54 bits per heavy atom. The predicted molar refractivity (Wildman–Crippen MR) is 108 cm³/mol. The fraction of sp³-hybridized carbons (Fsp3) is 0.111. The maximum absolute atomic E-state index is 12.3. The smallest absolute Gasteiger partial charge is 0.324 e. The van der Waals surface area contributed by atoms with Crippen molar-refractivity contribution in [3.05, 3.63) is 52.5 Å². The summed E-state index contributed by atoms with van der Waals surface area (Å²) in [6.45, 7) is 2.44. The van der Waals surface area contributed by atoms with Gasteiger partial charge >= 0.3 is 6.03 Å². The highest BCUT2D eigenvalue weighted by molar-refractivity contribution is 9.10. The first-order valence-electron chi connectivity index (χ1n) is 7.80. The lowest BCUT2D eigenvalue weighted by Gasteiger charge is -2.07. The van der Waals surface area contributed by atoms with E-state index < -0.39 is 11.9 Å². The van der Waals surface area contributed by atoms with Crippen LogP contribution in [-0.4, -0.2) is 18.5 Å². The minimum atomic E-state index is -0.598. The van der Waals surface area contributed by atoms with Gasteiger partial charge < -0.3 is 15.8 Å². The van der Waals surface area contributed by atoms with Gasteiger partial charge in [0.25, 0.3) is 5.91 Å². The molecule has 0 fully saturated rings. The zero-order chi connectivity index (χ0) is 18.7. The molecule has 0 saturated carbocycles. The number of amides is 3. The van der Waals surface area contributed by atoms with Gasteiger partial charge in [-0.25, -0.2) is 4.79 Å². The Hall–Kier alpha value is -2.58. The van der Waals surface area contributed by atoms with Crippen molar-refractivity contribution in [2.24, 2.45) is 5.73 Å². The van der Waals surface area contributed by atoms with Crippen molar-refractivity contribution in [1.29, 1.82) is 0 Å². The predicted octanol–water partition coefficient (Wildman–Crippen LogP) is 4.81. The van der Waals surface area contributed by atoms with Gasteiger partial charge in [0.05, 0.1) is 12.2 Å². The number of urea groups is 1. The molecule has 1 heterocycles. The summed E-state index contributed by atoms with van der Waals surface area (Å²) in [5, 5.41) is 6.51. The Morgan fingerprint density at radius 2 is 1.88 bits per heavy atom. The highest BCUT2D eigenvalue weighted by atomic mass is 79.9. The van der Waals surface area contributed by atoms with E-state index in [0.717, 1.165) is 9.17 Å². The highest BCUT2D eigenvalue weighted by Crippen LogP contribution is 2.37. The Kier molecular flexibility index (Phi) is 5.43. The van der Waals surface area contributed by atoms with E-state index in [0.29, 0.717) is 34.0 Å². The lowest BCUT2D eigenvalue weighted by Crippen LogP contribution is -2.21. The molecular weight excluding hydrogens is 418 g/mol. The van der Waals surface area contributed by atoms with Crippen LogP contribution in [0.15, 0.2) is 46.9 Å². The molecule has 0 aliphatic rings. The molecule has 3 rings (SSSR count). The van der Waals surface area contributed by atoms with Crippen molar-refractivity contribution in [3.8, 4) is 5.75 Å². The zero-order valence-corrected chi connectivity index (χ0v) is 16.2. The minimum Gasteiger partial charge on any atom is -0.494 e. The molecule has 0 spiro atoms. The van der Waals surface area contributed by atoms with E-state index in [4.69, 9.17) is 10.5 Å². The summed E-state index contributed by atoms with van der Waals surface area (Å²) >= 11 is 4.61. The summed E-state index contributed by atoms with van der Waals surface area (Å²) in [6, 6.07) is 12.1. The maximum atomic E-state index is 12.3. The molecule has 0 radical (unpaired) electrons. The number of hydrogen-bond donors (Lipinski definition) is 3. The van der Waals surface area contributed by atoms with Gasteiger partial charge in [-0.3, -0.25) is 10.1 Å². The van der Waals surface area contributed by atoms with E-state index in [1.165, 1.54) is 11.3 Å². The first kappa shape index (κ1) is 18.2. The molecule has 0 bridgehead atoms. The number of thiophene rings is 1. The van der Waals surface area contributed by atoms with Gasteiger partial charge in [0.1, 0.15) is 10.8 Å². The van der Waals surface area contributed by atoms with Gasteiger partial charge in [0.15, 0.2) is 0 Å². The molecule has 0 aliphatic carbocycles. The fourth-order valence-corrected chi connectivity index (χ4v) is 3.86. The number of halogens is 1. The van der Waals surface area contributed by atoms with Gasteiger partial charge in [0.2, 0.25) is 0 Å². The Bertz CT molecular complexity index is 970. The fourth-order valence-electron chi connectivity index (χ4n) is 2.46. The van der Waals surface area contributed by atoms with Gasteiger partial charge in [-0.15, -0.1) is 11.3 Å². The lowest BCUT2D eigenvalue weighted by molar-refractivity contribution is 0.100. The summed E-state index contributed by atoms with van der Waals surface area (Å²) in [6.07, 6.45) is 0. The van der Waals surface area contributed by atoms with Crippen LogP contribution in [0.25, 0.3) is 10.1 Å². The van der Waals surface area contributed by atoms with Crippen LogP contribution in [0, 0.1) is 0 Å². The molecule has 3 aromatic rings. The number of rotatable bonds is 5. The molecule has 26 heavy (non-hydrogen) atoms. The van der Waals surface area contributed by atoms with Crippen LogP contribution in [0.2, 0.25) is 0 Å². The second kappa shape index (κ2) is 7.76. The molecule has 6 nitrogen and oxygen atoms in total. The standard InChI is InChI=1S/C18H16BrN3O3S/c1-2-25-12-7-8-13-14(9-12)26-17(15(13)16(20)23)22-18(24)21-11-5-3-10(19)4-6-11/h3-9H,2H2,1H3,(H2,20,23)(H2,21,22,24). The first-order chi connectivity index (χ1) is 12.5. The van der Waals surface area contributed by atoms with Gasteiger partial charge in [-0.1, -0.05) is 15.9 Å². The number of anilines is 2. The molecule has 0 saturated heterocycles. The van der Waals surface area contributed by atoms with Crippen molar-refractivity contribution in [3.63, 3.8) is 0 Å². The number of nitrogens with one attached hydrogen (secondary N) is 2.